The van der Waals surface area contributed by atoms with Crippen LogP contribution in [-0.2, 0) is 19.6 Å². The molecule has 94 valence electrons. The summed E-state index contributed by atoms with van der Waals surface area (Å²) in [6, 6.07) is -1.49. The van der Waals surface area contributed by atoms with Crippen molar-refractivity contribution in [1.82, 2.24) is 4.72 Å². The second kappa shape index (κ2) is 6.44. The molecule has 0 aliphatic heterocycles. The number of nitrogens with one attached hydrogen (secondary N) is 1. The van der Waals surface area contributed by atoms with Gasteiger partial charge in [-0.15, -0.1) is 0 Å². The number of carboxylic acids is 1. The van der Waals surface area contributed by atoms with E-state index < -0.39 is 34.4 Å². The number of carboxylic acid groups (broad SMARTS) is 1. The van der Waals surface area contributed by atoms with E-state index in [1.807, 2.05) is 11.6 Å². The lowest BCUT2D eigenvalue weighted by Gasteiger charge is -2.12. The number of unbranched alkanes of at least 4 members (excludes halogenated alkanes) is 1. The van der Waals surface area contributed by atoms with Crippen molar-refractivity contribution in [2.45, 2.75) is 32.2 Å². The Morgan fingerprint density at radius 2 is 2.00 bits per heavy atom. The number of carbonyl (C=O) groups excluding carboxylic acids is 1. The van der Waals surface area contributed by atoms with Crippen LogP contribution in [-0.4, -0.2) is 37.2 Å². The number of primary amides is 1. The second-order valence-corrected chi connectivity index (χ2v) is 5.22. The summed E-state index contributed by atoms with van der Waals surface area (Å²) in [7, 11) is -3.67. The van der Waals surface area contributed by atoms with Crippen LogP contribution in [0.4, 0.5) is 0 Å². The summed E-state index contributed by atoms with van der Waals surface area (Å²) < 4.78 is 24.6. The number of hydrogen-bond donors (Lipinski definition) is 3. The summed E-state index contributed by atoms with van der Waals surface area (Å²) >= 11 is 0. The van der Waals surface area contributed by atoms with E-state index in [0.29, 0.717) is 12.8 Å². The topological polar surface area (TPSA) is 127 Å². The highest BCUT2D eigenvalue weighted by molar-refractivity contribution is 7.89. The molecule has 1 unspecified atom stereocenters. The average Bonchev–Trinajstić information content (AvgIpc) is 2.12. The minimum atomic E-state index is -3.67. The van der Waals surface area contributed by atoms with Crippen molar-refractivity contribution in [3.63, 3.8) is 0 Å². The molecule has 1 amide bonds. The first-order valence-electron chi connectivity index (χ1n) is 4.79. The van der Waals surface area contributed by atoms with Gasteiger partial charge in [0.15, 0.2) is 0 Å². The van der Waals surface area contributed by atoms with E-state index in [1.165, 1.54) is 0 Å². The molecule has 0 aromatic heterocycles. The first kappa shape index (κ1) is 14.8. The molecule has 0 spiro atoms. The fourth-order valence-electron chi connectivity index (χ4n) is 0.991. The van der Waals surface area contributed by atoms with Gasteiger partial charge in [-0.05, 0) is 6.42 Å². The minimum absolute atomic E-state index is 0.161. The highest BCUT2D eigenvalue weighted by Gasteiger charge is 2.25. The molecule has 0 saturated heterocycles. The Bertz CT molecular complexity index is 351. The fourth-order valence-corrected chi connectivity index (χ4v) is 2.39. The zero-order valence-corrected chi connectivity index (χ0v) is 9.79. The summed E-state index contributed by atoms with van der Waals surface area (Å²) in [4.78, 5) is 21.2. The molecule has 1 atom stereocenters. The third kappa shape index (κ3) is 6.36. The SMILES string of the molecule is CCCCS(=O)(=O)NC(CC(N)=O)C(=O)O. The van der Waals surface area contributed by atoms with Gasteiger partial charge < -0.3 is 10.8 Å². The Morgan fingerprint density at radius 3 is 2.38 bits per heavy atom. The third-order valence-electron chi connectivity index (χ3n) is 1.79. The van der Waals surface area contributed by atoms with E-state index in [2.05, 4.69) is 0 Å². The average molecular weight is 252 g/mol. The van der Waals surface area contributed by atoms with Crippen molar-refractivity contribution < 1.29 is 23.1 Å². The van der Waals surface area contributed by atoms with Crippen LogP contribution in [0.3, 0.4) is 0 Å². The standard InChI is InChI=1S/C8H16N2O5S/c1-2-3-4-16(14,15)10-6(8(12)13)5-7(9)11/h6,10H,2-5H2,1H3,(H2,9,11)(H,12,13). The van der Waals surface area contributed by atoms with Crippen molar-refractivity contribution in [3.8, 4) is 0 Å². The molecule has 0 aromatic rings. The van der Waals surface area contributed by atoms with E-state index in [9.17, 15) is 18.0 Å². The van der Waals surface area contributed by atoms with Crippen molar-refractivity contribution >= 4 is 21.9 Å². The number of carbonyl (C=O) groups is 2. The fraction of sp³-hybridized carbons (Fsp3) is 0.750. The van der Waals surface area contributed by atoms with E-state index in [0.717, 1.165) is 0 Å². The van der Waals surface area contributed by atoms with E-state index >= 15 is 0 Å². The first-order chi connectivity index (χ1) is 7.28. The number of nitrogens with two attached hydrogens (primary N) is 1. The van der Waals surface area contributed by atoms with E-state index in [4.69, 9.17) is 10.8 Å². The molecule has 16 heavy (non-hydrogen) atoms. The lowest BCUT2D eigenvalue weighted by Crippen LogP contribution is -2.44. The van der Waals surface area contributed by atoms with Crippen LogP contribution in [0.1, 0.15) is 26.2 Å². The smallest absolute Gasteiger partial charge is 0.322 e. The van der Waals surface area contributed by atoms with Crippen LogP contribution in [0.2, 0.25) is 0 Å². The second-order valence-electron chi connectivity index (χ2n) is 3.35. The van der Waals surface area contributed by atoms with Crippen molar-refractivity contribution in [3.05, 3.63) is 0 Å². The molecule has 0 saturated carbocycles. The summed E-state index contributed by atoms with van der Waals surface area (Å²) in [6.45, 7) is 1.81. The van der Waals surface area contributed by atoms with E-state index in [1.54, 1.807) is 0 Å². The van der Waals surface area contributed by atoms with Crippen LogP contribution in [0, 0.1) is 0 Å². The third-order valence-corrected chi connectivity index (χ3v) is 3.26. The van der Waals surface area contributed by atoms with Crippen molar-refractivity contribution in [2.75, 3.05) is 5.75 Å². The Kier molecular flexibility index (Phi) is 5.97. The van der Waals surface area contributed by atoms with Gasteiger partial charge in [-0.3, -0.25) is 9.59 Å². The molecule has 0 rings (SSSR count). The van der Waals surface area contributed by atoms with Gasteiger partial charge in [0.2, 0.25) is 15.9 Å². The van der Waals surface area contributed by atoms with Gasteiger partial charge in [0, 0.05) is 0 Å². The van der Waals surface area contributed by atoms with Gasteiger partial charge >= 0.3 is 5.97 Å². The molecule has 0 fully saturated rings. The van der Waals surface area contributed by atoms with E-state index in [-0.39, 0.29) is 5.75 Å². The zero-order chi connectivity index (χ0) is 12.8. The summed E-state index contributed by atoms with van der Waals surface area (Å²) in [6.07, 6.45) is 0.549. The summed E-state index contributed by atoms with van der Waals surface area (Å²) in [5, 5.41) is 8.68. The Morgan fingerprint density at radius 1 is 1.44 bits per heavy atom. The molecule has 0 radical (unpaired) electrons. The monoisotopic (exact) mass is 252 g/mol. The zero-order valence-electron chi connectivity index (χ0n) is 8.97. The van der Waals surface area contributed by atoms with Gasteiger partial charge in [0.05, 0.1) is 12.2 Å². The van der Waals surface area contributed by atoms with Crippen LogP contribution in [0.5, 0.6) is 0 Å². The number of sulfonamides is 1. The van der Waals surface area contributed by atoms with Crippen LogP contribution in [0.15, 0.2) is 0 Å². The Balaban J connectivity index is 4.50. The number of aliphatic carboxylic acids is 1. The largest absolute Gasteiger partial charge is 0.480 e. The minimum Gasteiger partial charge on any atom is -0.480 e. The molecule has 0 aliphatic carbocycles. The quantitative estimate of drug-likeness (QED) is 0.512. The first-order valence-corrected chi connectivity index (χ1v) is 6.45. The molecule has 0 aromatic carbocycles. The lowest BCUT2D eigenvalue weighted by atomic mass is 10.2. The molecule has 0 bridgehead atoms. The highest BCUT2D eigenvalue weighted by atomic mass is 32.2. The van der Waals surface area contributed by atoms with Crippen LogP contribution in [0.25, 0.3) is 0 Å². The van der Waals surface area contributed by atoms with Gasteiger partial charge in [-0.1, -0.05) is 13.3 Å². The predicted octanol–water partition coefficient (Wildman–Crippen LogP) is -0.965. The van der Waals surface area contributed by atoms with Crippen molar-refractivity contribution in [1.29, 1.82) is 0 Å². The maximum atomic E-state index is 11.4. The molecule has 4 N–H and O–H groups in total. The maximum absolute atomic E-state index is 11.4. The molecule has 7 nitrogen and oxygen atoms in total. The Hall–Kier alpha value is -1.15. The normalized spacial score (nSPS) is 13.3. The molecule has 0 aliphatic rings. The molecular formula is C8H16N2O5S. The Labute approximate surface area is 94.1 Å². The molecule has 8 heteroatoms. The highest BCUT2D eigenvalue weighted by Crippen LogP contribution is 1.99. The molecule has 0 heterocycles. The maximum Gasteiger partial charge on any atom is 0.322 e. The number of amides is 1. The number of hydrogen-bond acceptors (Lipinski definition) is 4. The van der Waals surface area contributed by atoms with Gasteiger partial charge in [-0.25, -0.2) is 13.1 Å². The van der Waals surface area contributed by atoms with Gasteiger partial charge in [0.25, 0.3) is 0 Å². The summed E-state index contributed by atoms with van der Waals surface area (Å²) in [5.74, 6) is -2.45. The summed E-state index contributed by atoms with van der Waals surface area (Å²) in [5.41, 5.74) is 4.81. The van der Waals surface area contributed by atoms with Crippen molar-refractivity contribution in [2.24, 2.45) is 5.73 Å². The van der Waals surface area contributed by atoms with Crippen LogP contribution < -0.4 is 10.5 Å². The van der Waals surface area contributed by atoms with Crippen LogP contribution >= 0.6 is 0 Å². The van der Waals surface area contributed by atoms with Gasteiger partial charge in [-0.2, -0.15) is 0 Å². The number of rotatable bonds is 8. The molecular weight excluding hydrogens is 236 g/mol. The lowest BCUT2D eigenvalue weighted by molar-refractivity contribution is -0.140. The van der Waals surface area contributed by atoms with Gasteiger partial charge in [0.1, 0.15) is 6.04 Å². The predicted molar refractivity (Wildman–Crippen MR) is 57.1 cm³/mol.